The molecule has 0 radical (unpaired) electrons. The minimum Gasteiger partial charge on any atom is -0.352 e. The summed E-state index contributed by atoms with van der Waals surface area (Å²) in [5, 5.41) is 2.48. The van der Waals surface area contributed by atoms with Crippen LogP contribution in [0.2, 0.25) is 0 Å². The fourth-order valence-electron chi connectivity index (χ4n) is 1.41. The number of nitrogens with one attached hydrogen (secondary N) is 1. The lowest BCUT2D eigenvalue weighted by Crippen LogP contribution is -2.26. The van der Waals surface area contributed by atoms with Crippen LogP contribution >= 0.6 is 0 Å². The molecule has 0 saturated carbocycles. The molecule has 3 nitrogen and oxygen atoms in total. The Balaban J connectivity index is 2.57. The molecule has 0 bridgehead atoms. The molecule has 0 aliphatic carbocycles. The van der Waals surface area contributed by atoms with Crippen LogP contribution in [0, 0.1) is 17.5 Å². The van der Waals surface area contributed by atoms with Gasteiger partial charge in [0.05, 0.1) is 0 Å². The summed E-state index contributed by atoms with van der Waals surface area (Å²) < 4.78 is 38.4. The van der Waals surface area contributed by atoms with Gasteiger partial charge in [-0.25, -0.2) is 13.2 Å². The van der Waals surface area contributed by atoms with Crippen molar-refractivity contribution in [1.29, 1.82) is 0 Å². The summed E-state index contributed by atoms with van der Waals surface area (Å²) in [6.07, 6.45) is 1.39. The molecule has 1 aromatic rings. The summed E-state index contributed by atoms with van der Waals surface area (Å²) in [6.45, 7) is 2.19. The molecule has 3 N–H and O–H groups in total. The van der Waals surface area contributed by atoms with Crippen LogP contribution < -0.4 is 11.1 Å². The lowest BCUT2D eigenvalue weighted by molar-refractivity contribution is 0.0951. The van der Waals surface area contributed by atoms with Crippen LogP contribution in [0.4, 0.5) is 13.2 Å². The van der Waals surface area contributed by atoms with Gasteiger partial charge in [-0.1, -0.05) is 0 Å². The molecule has 0 aromatic heterocycles. The maximum atomic E-state index is 12.9. The van der Waals surface area contributed by atoms with Gasteiger partial charge in [-0.2, -0.15) is 0 Å². The quantitative estimate of drug-likeness (QED) is 0.628. The third-order valence-electron chi connectivity index (χ3n) is 2.37. The molecule has 0 aliphatic heterocycles. The highest BCUT2D eigenvalue weighted by molar-refractivity contribution is 5.94. The molecule has 0 heterocycles. The largest absolute Gasteiger partial charge is 0.352 e. The lowest BCUT2D eigenvalue weighted by Gasteiger charge is -2.07. The van der Waals surface area contributed by atoms with Crippen LogP contribution in [-0.4, -0.2) is 18.5 Å². The Morgan fingerprint density at radius 2 is 1.89 bits per heavy atom. The maximum absolute atomic E-state index is 12.9. The highest BCUT2D eigenvalue weighted by atomic mass is 19.2. The summed E-state index contributed by atoms with van der Waals surface area (Å²) >= 11 is 0. The molecular weight excluding hydrogens is 245 g/mol. The van der Waals surface area contributed by atoms with E-state index >= 15 is 0 Å². The predicted octanol–water partition coefficient (Wildman–Crippen LogP) is 1.96. The summed E-state index contributed by atoms with van der Waals surface area (Å²) in [4.78, 5) is 11.5. The average Bonchev–Trinajstić information content (AvgIpc) is 2.30. The van der Waals surface area contributed by atoms with Gasteiger partial charge in [0.15, 0.2) is 17.5 Å². The Hall–Kier alpha value is -1.56. The van der Waals surface area contributed by atoms with Crippen LogP contribution in [0.5, 0.6) is 0 Å². The van der Waals surface area contributed by atoms with Crippen LogP contribution in [0.3, 0.4) is 0 Å². The van der Waals surface area contributed by atoms with Gasteiger partial charge in [0, 0.05) is 18.2 Å². The molecule has 1 amide bonds. The zero-order chi connectivity index (χ0) is 13.7. The van der Waals surface area contributed by atoms with Gasteiger partial charge in [0.25, 0.3) is 5.91 Å². The van der Waals surface area contributed by atoms with E-state index in [1.807, 2.05) is 6.92 Å². The van der Waals surface area contributed by atoms with Crippen LogP contribution in [0.25, 0.3) is 0 Å². The van der Waals surface area contributed by atoms with Gasteiger partial charge < -0.3 is 11.1 Å². The number of rotatable bonds is 5. The Labute approximate surface area is 103 Å². The summed E-state index contributed by atoms with van der Waals surface area (Å²) in [5.41, 5.74) is 5.28. The third-order valence-corrected chi connectivity index (χ3v) is 2.37. The third kappa shape index (κ3) is 4.03. The number of nitrogens with two attached hydrogens (primary N) is 1. The van der Waals surface area contributed by atoms with Crippen molar-refractivity contribution in [2.45, 2.75) is 25.8 Å². The number of hydrogen-bond acceptors (Lipinski definition) is 2. The van der Waals surface area contributed by atoms with Crippen LogP contribution in [-0.2, 0) is 0 Å². The van der Waals surface area contributed by atoms with Crippen molar-refractivity contribution in [3.63, 3.8) is 0 Å². The monoisotopic (exact) mass is 260 g/mol. The van der Waals surface area contributed by atoms with E-state index in [1.165, 1.54) is 0 Å². The number of amides is 1. The first-order valence-electron chi connectivity index (χ1n) is 5.60. The number of halogens is 3. The standard InChI is InChI=1S/C12H15F3N2O/c1-7(16)3-2-4-17-12(18)8-5-9(13)11(15)10(14)6-8/h5-7H,2-4,16H2,1H3,(H,17,18). The Bertz CT molecular complexity index is 412. The van der Waals surface area contributed by atoms with Crippen molar-refractivity contribution in [3.05, 3.63) is 35.1 Å². The Morgan fingerprint density at radius 3 is 2.39 bits per heavy atom. The van der Waals surface area contributed by atoms with E-state index in [-0.39, 0.29) is 11.6 Å². The van der Waals surface area contributed by atoms with Crippen molar-refractivity contribution in [3.8, 4) is 0 Å². The molecular formula is C12H15F3N2O. The molecule has 1 unspecified atom stereocenters. The summed E-state index contributed by atoms with van der Waals surface area (Å²) in [7, 11) is 0. The first-order valence-corrected chi connectivity index (χ1v) is 5.60. The molecule has 100 valence electrons. The predicted molar refractivity (Wildman–Crippen MR) is 61.5 cm³/mol. The highest BCUT2D eigenvalue weighted by Crippen LogP contribution is 2.13. The summed E-state index contributed by atoms with van der Waals surface area (Å²) in [6, 6.07) is 1.36. The minimum absolute atomic E-state index is 0.0302. The normalized spacial score (nSPS) is 12.3. The molecule has 0 spiro atoms. The SMILES string of the molecule is CC(N)CCCNC(=O)c1cc(F)c(F)c(F)c1. The van der Waals surface area contributed by atoms with Crippen molar-refractivity contribution >= 4 is 5.91 Å². The van der Waals surface area contributed by atoms with Crippen molar-refractivity contribution < 1.29 is 18.0 Å². The Kier molecular flexibility index (Phi) is 5.15. The molecule has 0 fully saturated rings. The van der Waals surface area contributed by atoms with Crippen molar-refractivity contribution in [2.75, 3.05) is 6.54 Å². The van der Waals surface area contributed by atoms with Gasteiger partial charge in [-0.15, -0.1) is 0 Å². The van der Waals surface area contributed by atoms with E-state index in [9.17, 15) is 18.0 Å². The number of carbonyl (C=O) groups is 1. The summed E-state index contributed by atoms with van der Waals surface area (Å²) in [5.74, 6) is -4.98. The highest BCUT2D eigenvalue weighted by Gasteiger charge is 2.14. The molecule has 1 rings (SSSR count). The topological polar surface area (TPSA) is 55.1 Å². The van der Waals surface area contributed by atoms with Gasteiger partial charge in [-0.3, -0.25) is 4.79 Å². The molecule has 6 heteroatoms. The zero-order valence-corrected chi connectivity index (χ0v) is 9.97. The average molecular weight is 260 g/mol. The van der Waals surface area contributed by atoms with E-state index in [4.69, 9.17) is 5.73 Å². The van der Waals surface area contributed by atoms with Crippen molar-refractivity contribution in [2.24, 2.45) is 5.73 Å². The number of benzene rings is 1. The van der Waals surface area contributed by atoms with E-state index < -0.39 is 23.4 Å². The second-order valence-electron chi connectivity index (χ2n) is 4.13. The van der Waals surface area contributed by atoms with Gasteiger partial charge in [0.2, 0.25) is 0 Å². The molecule has 18 heavy (non-hydrogen) atoms. The van der Waals surface area contributed by atoms with E-state index in [1.54, 1.807) is 0 Å². The van der Waals surface area contributed by atoms with Crippen LogP contribution in [0.15, 0.2) is 12.1 Å². The van der Waals surface area contributed by atoms with Crippen LogP contribution in [0.1, 0.15) is 30.1 Å². The van der Waals surface area contributed by atoms with E-state index in [0.29, 0.717) is 25.1 Å². The smallest absolute Gasteiger partial charge is 0.251 e. The van der Waals surface area contributed by atoms with Crippen molar-refractivity contribution in [1.82, 2.24) is 5.32 Å². The fraction of sp³-hybridized carbons (Fsp3) is 0.417. The number of hydrogen-bond donors (Lipinski definition) is 2. The Morgan fingerprint density at radius 1 is 1.33 bits per heavy atom. The second-order valence-corrected chi connectivity index (χ2v) is 4.13. The number of carbonyl (C=O) groups excluding carboxylic acids is 1. The second kappa shape index (κ2) is 6.39. The minimum atomic E-state index is -1.58. The zero-order valence-electron chi connectivity index (χ0n) is 9.97. The first-order chi connectivity index (χ1) is 8.41. The lowest BCUT2D eigenvalue weighted by atomic mass is 10.1. The van der Waals surface area contributed by atoms with E-state index in [0.717, 1.165) is 6.42 Å². The maximum Gasteiger partial charge on any atom is 0.251 e. The van der Waals surface area contributed by atoms with Gasteiger partial charge in [-0.05, 0) is 31.9 Å². The molecule has 0 saturated heterocycles. The van der Waals surface area contributed by atoms with Gasteiger partial charge in [0.1, 0.15) is 0 Å². The molecule has 0 aliphatic rings. The first kappa shape index (κ1) is 14.5. The molecule has 1 atom stereocenters. The fourth-order valence-corrected chi connectivity index (χ4v) is 1.41. The molecule has 1 aromatic carbocycles. The van der Waals surface area contributed by atoms with Gasteiger partial charge >= 0.3 is 0 Å². The van der Waals surface area contributed by atoms with E-state index in [2.05, 4.69) is 5.32 Å².